The number of benzene rings is 2. The fourth-order valence-electron chi connectivity index (χ4n) is 3.34. The van der Waals surface area contributed by atoms with E-state index in [0.717, 1.165) is 16.5 Å². The second-order valence-electron chi connectivity index (χ2n) is 5.96. The summed E-state index contributed by atoms with van der Waals surface area (Å²) in [7, 11) is 0. The Hall–Kier alpha value is -3.02. The third kappa shape index (κ3) is 1.89. The first-order valence-corrected chi connectivity index (χ1v) is 7.90. The van der Waals surface area contributed by atoms with Crippen LogP contribution in [0.15, 0.2) is 60.8 Å². The molecule has 3 heterocycles. The quantitative estimate of drug-likeness (QED) is 0.567. The third-order valence-corrected chi connectivity index (χ3v) is 4.50. The van der Waals surface area contributed by atoms with E-state index >= 15 is 0 Å². The molecule has 0 amide bonds. The van der Waals surface area contributed by atoms with Crippen LogP contribution in [0.1, 0.15) is 30.0 Å². The highest BCUT2D eigenvalue weighted by atomic mass is 19.1. The molecular formula is C18H14FN5. The van der Waals surface area contributed by atoms with Crippen molar-refractivity contribution in [2.24, 2.45) is 0 Å². The molecule has 118 valence electrons. The van der Waals surface area contributed by atoms with Crippen molar-refractivity contribution in [2.45, 2.75) is 18.6 Å². The van der Waals surface area contributed by atoms with Crippen molar-refractivity contribution in [1.29, 1.82) is 0 Å². The maximum atomic E-state index is 14.5. The molecule has 1 aliphatic rings. The zero-order valence-corrected chi connectivity index (χ0v) is 12.7. The Kier molecular flexibility index (Phi) is 2.79. The molecule has 0 radical (unpaired) electrons. The lowest BCUT2D eigenvalue weighted by Crippen LogP contribution is -2.08. The van der Waals surface area contributed by atoms with Gasteiger partial charge >= 0.3 is 0 Å². The highest BCUT2D eigenvalue weighted by Crippen LogP contribution is 2.39. The predicted octanol–water partition coefficient (Wildman–Crippen LogP) is 3.62. The van der Waals surface area contributed by atoms with Crippen LogP contribution in [0.2, 0.25) is 0 Å². The minimum Gasteiger partial charge on any atom is -0.239 e. The maximum Gasteiger partial charge on any atom is 0.270 e. The van der Waals surface area contributed by atoms with Gasteiger partial charge in [-0.05, 0) is 11.6 Å². The van der Waals surface area contributed by atoms with Gasteiger partial charge in [0.1, 0.15) is 0 Å². The van der Waals surface area contributed by atoms with Gasteiger partial charge in [-0.3, -0.25) is 0 Å². The minimum absolute atomic E-state index is 0.126. The van der Waals surface area contributed by atoms with E-state index in [1.54, 1.807) is 15.6 Å². The summed E-state index contributed by atoms with van der Waals surface area (Å²) >= 11 is 0. The first kappa shape index (κ1) is 13.4. The highest BCUT2D eigenvalue weighted by molar-refractivity contribution is 5.79. The van der Waals surface area contributed by atoms with Gasteiger partial charge in [0.15, 0.2) is 12.0 Å². The van der Waals surface area contributed by atoms with Gasteiger partial charge < -0.3 is 0 Å². The number of nitrogens with zero attached hydrogens (tertiary/aromatic N) is 5. The van der Waals surface area contributed by atoms with Crippen molar-refractivity contribution in [3.05, 3.63) is 72.2 Å². The lowest BCUT2D eigenvalue weighted by atomic mass is 10.0. The van der Waals surface area contributed by atoms with E-state index in [4.69, 9.17) is 0 Å². The number of hydrogen-bond acceptors (Lipinski definition) is 3. The van der Waals surface area contributed by atoms with Crippen LogP contribution in [0.25, 0.3) is 16.9 Å². The summed E-state index contributed by atoms with van der Waals surface area (Å²) in [4.78, 5) is 4.42. The van der Waals surface area contributed by atoms with Crippen LogP contribution in [0.4, 0.5) is 4.39 Å². The van der Waals surface area contributed by atoms with E-state index in [2.05, 4.69) is 15.2 Å². The molecule has 6 heteroatoms. The van der Waals surface area contributed by atoms with Crippen molar-refractivity contribution in [3.8, 4) is 5.95 Å². The maximum absolute atomic E-state index is 14.5. The number of hydrogen-bond donors (Lipinski definition) is 0. The Labute approximate surface area is 137 Å². The zero-order chi connectivity index (χ0) is 16.1. The summed E-state index contributed by atoms with van der Waals surface area (Å²) in [6.45, 7) is 0. The van der Waals surface area contributed by atoms with Gasteiger partial charge in [-0.15, -0.1) is 5.10 Å². The van der Waals surface area contributed by atoms with Crippen LogP contribution in [0.5, 0.6) is 0 Å². The molecule has 0 spiro atoms. The van der Waals surface area contributed by atoms with E-state index in [1.165, 1.54) is 0 Å². The average molecular weight is 319 g/mol. The molecule has 5 rings (SSSR count). The lowest BCUT2D eigenvalue weighted by Gasteiger charge is -2.11. The normalized spacial score (nSPS) is 19.7. The van der Waals surface area contributed by atoms with Crippen molar-refractivity contribution in [3.63, 3.8) is 0 Å². The van der Waals surface area contributed by atoms with Gasteiger partial charge in [0.25, 0.3) is 5.95 Å². The van der Waals surface area contributed by atoms with E-state index in [-0.39, 0.29) is 6.04 Å². The van der Waals surface area contributed by atoms with Crippen molar-refractivity contribution in [2.75, 3.05) is 0 Å². The molecule has 2 aromatic heterocycles. The lowest BCUT2D eigenvalue weighted by molar-refractivity contribution is 0.328. The minimum atomic E-state index is -1.11. The Bertz CT molecular complexity index is 1020. The number of alkyl halides is 1. The van der Waals surface area contributed by atoms with Crippen LogP contribution in [0, 0.1) is 0 Å². The van der Waals surface area contributed by atoms with Gasteiger partial charge in [-0.1, -0.05) is 48.5 Å². The number of para-hydroxylation sites is 1. The second-order valence-corrected chi connectivity index (χ2v) is 5.96. The van der Waals surface area contributed by atoms with E-state index in [9.17, 15) is 4.39 Å². The molecule has 24 heavy (non-hydrogen) atoms. The Morgan fingerprint density at radius 3 is 2.67 bits per heavy atom. The standard InChI is InChI=1S/C18H14FN5/c19-14-10-16(12-6-2-1-3-7-12)23-17(14)21-18(22-23)24-15-9-5-4-8-13(15)11-20-24/h1-9,11,14,16H,10H2. The Balaban J connectivity index is 1.63. The SMILES string of the molecule is FC1CC(c2ccccc2)n2nc(-n3ncc4ccccc43)nc21. The number of fused-ring (bicyclic) bond motifs is 2. The molecule has 0 fully saturated rings. The molecule has 5 nitrogen and oxygen atoms in total. The fraction of sp³-hybridized carbons (Fsp3) is 0.167. The van der Waals surface area contributed by atoms with Crippen LogP contribution in [0.3, 0.4) is 0 Å². The molecule has 0 aliphatic carbocycles. The number of rotatable bonds is 2. The summed E-state index contributed by atoms with van der Waals surface area (Å²) in [6.07, 6.45) is 1.03. The highest BCUT2D eigenvalue weighted by Gasteiger charge is 2.35. The first-order chi connectivity index (χ1) is 11.8. The van der Waals surface area contributed by atoms with Crippen molar-refractivity contribution >= 4 is 10.9 Å². The Morgan fingerprint density at radius 1 is 1.00 bits per heavy atom. The summed E-state index contributed by atoms with van der Waals surface area (Å²) in [5, 5.41) is 9.92. The predicted molar refractivity (Wildman–Crippen MR) is 87.7 cm³/mol. The molecule has 0 saturated heterocycles. The van der Waals surface area contributed by atoms with Crippen LogP contribution < -0.4 is 0 Å². The largest absolute Gasteiger partial charge is 0.270 e. The summed E-state index contributed by atoms with van der Waals surface area (Å²) < 4.78 is 17.8. The molecule has 4 aromatic rings. The molecule has 2 atom stereocenters. The summed E-state index contributed by atoms with van der Waals surface area (Å²) in [5.74, 6) is 0.785. The van der Waals surface area contributed by atoms with E-state index in [0.29, 0.717) is 18.2 Å². The molecule has 2 aromatic carbocycles. The van der Waals surface area contributed by atoms with Gasteiger partial charge in [-0.2, -0.15) is 14.8 Å². The Morgan fingerprint density at radius 2 is 1.79 bits per heavy atom. The average Bonchev–Trinajstić information content (AvgIpc) is 3.30. The topological polar surface area (TPSA) is 48.5 Å². The molecule has 2 unspecified atom stereocenters. The van der Waals surface area contributed by atoms with Crippen molar-refractivity contribution in [1.82, 2.24) is 24.5 Å². The van der Waals surface area contributed by atoms with Gasteiger partial charge in [0, 0.05) is 11.8 Å². The smallest absolute Gasteiger partial charge is 0.239 e. The number of aromatic nitrogens is 5. The van der Waals surface area contributed by atoms with E-state index in [1.807, 2.05) is 54.6 Å². The van der Waals surface area contributed by atoms with Crippen molar-refractivity contribution < 1.29 is 4.39 Å². The summed E-state index contributed by atoms with van der Waals surface area (Å²) in [5.41, 5.74) is 1.95. The molecule has 0 N–H and O–H groups in total. The third-order valence-electron chi connectivity index (χ3n) is 4.50. The van der Waals surface area contributed by atoms with Crippen LogP contribution in [-0.2, 0) is 0 Å². The van der Waals surface area contributed by atoms with Crippen LogP contribution in [-0.4, -0.2) is 24.5 Å². The van der Waals surface area contributed by atoms with Gasteiger partial charge in [0.2, 0.25) is 0 Å². The monoisotopic (exact) mass is 319 g/mol. The summed E-state index contributed by atoms with van der Waals surface area (Å²) in [6, 6.07) is 17.6. The fourth-order valence-corrected chi connectivity index (χ4v) is 3.34. The molecule has 1 aliphatic heterocycles. The zero-order valence-electron chi connectivity index (χ0n) is 12.7. The molecule has 0 bridgehead atoms. The number of halogens is 1. The van der Waals surface area contributed by atoms with E-state index < -0.39 is 6.17 Å². The van der Waals surface area contributed by atoms with Crippen LogP contribution >= 0.6 is 0 Å². The molecule has 0 saturated carbocycles. The van der Waals surface area contributed by atoms with Gasteiger partial charge in [-0.25, -0.2) is 9.07 Å². The first-order valence-electron chi connectivity index (χ1n) is 7.90. The second kappa shape index (κ2) is 4.99. The molecular weight excluding hydrogens is 305 g/mol. The van der Waals surface area contributed by atoms with Gasteiger partial charge in [0.05, 0.1) is 17.8 Å².